The lowest BCUT2D eigenvalue weighted by molar-refractivity contribution is -0.105. The Kier molecular flexibility index (Phi) is 3.80. The van der Waals surface area contributed by atoms with E-state index in [-0.39, 0.29) is 6.04 Å². The van der Waals surface area contributed by atoms with Gasteiger partial charge in [0.15, 0.2) is 10.9 Å². The van der Waals surface area contributed by atoms with Gasteiger partial charge in [0, 0.05) is 12.1 Å². The summed E-state index contributed by atoms with van der Waals surface area (Å²) in [6, 6.07) is 7.54. The highest BCUT2D eigenvalue weighted by Gasteiger charge is 2.29. The minimum absolute atomic E-state index is 0.161. The van der Waals surface area contributed by atoms with Crippen LogP contribution >= 0.6 is 23.4 Å². The molecule has 0 saturated heterocycles. The van der Waals surface area contributed by atoms with Crippen LogP contribution in [-0.2, 0) is 0 Å². The maximum Gasteiger partial charge on any atom is 0.191 e. The Hall–Kier alpha value is -1.34. The van der Waals surface area contributed by atoms with E-state index in [1.54, 1.807) is 18.4 Å². The molecule has 0 radical (unpaired) electrons. The molecular weight excluding hydrogens is 296 g/mol. The van der Waals surface area contributed by atoms with E-state index in [1.807, 2.05) is 30.5 Å². The van der Waals surface area contributed by atoms with Crippen LogP contribution in [0.25, 0.3) is 0 Å². The quantitative estimate of drug-likeness (QED) is 0.680. The van der Waals surface area contributed by atoms with Crippen molar-refractivity contribution in [2.24, 2.45) is 0 Å². The van der Waals surface area contributed by atoms with Crippen LogP contribution in [0.2, 0.25) is 5.02 Å². The number of thioether (sulfide) groups is 1. The lowest BCUT2D eigenvalue weighted by Crippen LogP contribution is -2.44. The van der Waals surface area contributed by atoms with Crippen LogP contribution in [0.3, 0.4) is 0 Å². The van der Waals surface area contributed by atoms with Crippen LogP contribution in [-0.4, -0.2) is 28.4 Å². The second-order valence-corrected chi connectivity index (χ2v) is 5.46. The average Bonchev–Trinajstić information content (AvgIpc) is 2.46. The molecule has 1 aliphatic rings. The molecule has 1 N–H and O–H groups in total. The Labute approximate surface area is 126 Å². The van der Waals surface area contributed by atoms with Gasteiger partial charge in [-0.05, 0) is 17.9 Å². The van der Waals surface area contributed by atoms with Gasteiger partial charge in [0.2, 0.25) is 0 Å². The summed E-state index contributed by atoms with van der Waals surface area (Å²) in [5.74, 6) is 0.633. The van der Waals surface area contributed by atoms with E-state index in [1.165, 1.54) is 11.8 Å². The van der Waals surface area contributed by atoms with Gasteiger partial charge in [-0.25, -0.2) is 15.4 Å². The molecule has 1 aliphatic heterocycles. The second kappa shape index (κ2) is 5.57. The van der Waals surface area contributed by atoms with Crippen LogP contribution in [0.4, 0.5) is 0 Å². The van der Waals surface area contributed by atoms with E-state index in [0.29, 0.717) is 15.9 Å². The molecule has 104 valence electrons. The summed E-state index contributed by atoms with van der Waals surface area (Å²) < 4.78 is 0. The zero-order valence-electron chi connectivity index (χ0n) is 11.0. The van der Waals surface area contributed by atoms with Crippen molar-refractivity contribution in [3.63, 3.8) is 0 Å². The fourth-order valence-corrected chi connectivity index (χ4v) is 2.68. The number of benzene rings is 1. The van der Waals surface area contributed by atoms with Crippen LogP contribution < -0.4 is 10.3 Å². The first-order valence-electron chi connectivity index (χ1n) is 6.02. The van der Waals surface area contributed by atoms with Crippen LogP contribution in [0.15, 0.2) is 35.6 Å². The fraction of sp³-hybridized carbons (Fsp3) is 0.231. The molecule has 2 aromatic rings. The van der Waals surface area contributed by atoms with Crippen molar-refractivity contribution in [3.05, 3.63) is 46.7 Å². The van der Waals surface area contributed by atoms with Gasteiger partial charge in [0.25, 0.3) is 0 Å². The standard InChI is InChI=1S/C13H13ClN4OS/c1-18-17-11(8-5-3-4-6-9(8)14)12-10(19-18)7-15-13(16-12)20-2/h3-7,11,17H,1-2H3. The molecule has 2 heterocycles. The van der Waals surface area contributed by atoms with Gasteiger partial charge in [0.05, 0.1) is 12.2 Å². The number of hydrogen-bond acceptors (Lipinski definition) is 6. The molecular formula is C13H13ClN4OS. The Morgan fingerprint density at radius 1 is 1.40 bits per heavy atom. The Balaban J connectivity index is 2.11. The highest BCUT2D eigenvalue weighted by molar-refractivity contribution is 7.98. The average molecular weight is 309 g/mol. The molecule has 3 rings (SSSR count). The van der Waals surface area contributed by atoms with Crippen molar-refractivity contribution in [2.75, 3.05) is 13.3 Å². The number of nitrogens with one attached hydrogen (secondary N) is 1. The first-order valence-corrected chi connectivity index (χ1v) is 7.62. The number of nitrogens with zero attached hydrogens (tertiary/aromatic N) is 3. The van der Waals surface area contributed by atoms with E-state index >= 15 is 0 Å². The minimum atomic E-state index is -0.161. The van der Waals surface area contributed by atoms with Crippen molar-refractivity contribution in [3.8, 4) is 5.75 Å². The van der Waals surface area contributed by atoms with Crippen molar-refractivity contribution < 1.29 is 4.84 Å². The number of halogens is 1. The predicted octanol–water partition coefficient (Wildman–Crippen LogP) is 2.69. The van der Waals surface area contributed by atoms with Gasteiger partial charge in [-0.1, -0.05) is 46.7 Å². The van der Waals surface area contributed by atoms with E-state index < -0.39 is 0 Å². The third-order valence-electron chi connectivity index (χ3n) is 2.98. The van der Waals surface area contributed by atoms with Crippen LogP contribution in [0.5, 0.6) is 5.75 Å². The fourth-order valence-electron chi connectivity index (χ4n) is 2.09. The number of hydrogen-bond donors (Lipinski definition) is 1. The van der Waals surface area contributed by atoms with Gasteiger partial charge < -0.3 is 4.84 Å². The monoisotopic (exact) mass is 308 g/mol. The predicted molar refractivity (Wildman–Crippen MR) is 78.6 cm³/mol. The summed E-state index contributed by atoms with van der Waals surface area (Å²) in [5, 5.41) is 2.93. The normalized spacial score (nSPS) is 18.4. The van der Waals surface area contributed by atoms with E-state index in [2.05, 4.69) is 15.4 Å². The van der Waals surface area contributed by atoms with Crippen molar-refractivity contribution >= 4 is 23.4 Å². The molecule has 1 unspecified atom stereocenters. The molecule has 1 atom stereocenters. The third kappa shape index (κ3) is 2.47. The molecule has 5 nitrogen and oxygen atoms in total. The van der Waals surface area contributed by atoms with Gasteiger partial charge in [-0.15, -0.1) is 0 Å². The Bertz CT molecular complexity index is 640. The highest BCUT2D eigenvalue weighted by Crippen LogP contribution is 2.35. The summed E-state index contributed by atoms with van der Waals surface area (Å²) in [7, 11) is 1.79. The molecule has 0 saturated carbocycles. The Morgan fingerprint density at radius 3 is 2.95 bits per heavy atom. The molecule has 20 heavy (non-hydrogen) atoms. The van der Waals surface area contributed by atoms with Gasteiger partial charge in [-0.2, -0.15) is 0 Å². The van der Waals surface area contributed by atoms with Gasteiger partial charge >= 0.3 is 0 Å². The third-order valence-corrected chi connectivity index (χ3v) is 3.89. The van der Waals surface area contributed by atoms with Crippen molar-refractivity contribution in [1.29, 1.82) is 0 Å². The summed E-state index contributed by atoms with van der Waals surface area (Å²) in [6.45, 7) is 0. The largest absolute Gasteiger partial charge is 0.388 e. The van der Waals surface area contributed by atoms with Crippen molar-refractivity contribution in [1.82, 2.24) is 20.6 Å². The van der Waals surface area contributed by atoms with Gasteiger partial charge in [0.1, 0.15) is 5.69 Å². The molecule has 7 heteroatoms. The van der Waals surface area contributed by atoms with E-state index in [9.17, 15) is 0 Å². The molecule has 0 bridgehead atoms. The highest BCUT2D eigenvalue weighted by atomic mass is 35.5. The summed E-state index contributed by atoms with van der Waals surface area (Å²) in [4.78, 5) is 14.3. The number of rotatable bonds is 2. The van der Waals surface area contributed by atoms with Crippen molar-refractivity contribution in [2.45, 2.75) is 11.2 Å². The number of hydroxylamine groups is 1. The lowest BCUT2D eigenvalue weighted by atomic mass is 10.0. The number of hydrazine groups is 1. The number of fused-ring (bicyclic) bond motifs is 1. The Morgan fingerprint density at radius 2 is 2.20 bits per heavy atom. The van der Waals surface area contributed by atoms with E-state index in [4.69, 9.17) is 16.4 Å². The molecule has 1 aromatic heterocycles. The molecule has 1 aromatic carbocycles. The summed E-state index contributed by atoms with van der Waals surface area (Å²) in [5.41, 5.74) is 4.95. The zero-order valence-corrected chi connectivity index (χ0v) is 12.6. The number of aromatic nitrogens is 2. The van der Waals surface area contributed by atoms with Crippen LogP contribution in [0.1, 0.15) is 17.3 Å². The first-order chi connectivity index (χ1) is 9.69. The SMILES string of the molecule is CSc1ncc2c(n1)C(c1ccccc1Cl)NN(C)O2. The molecule has 0 amide bonds. The second-order valence-electron chi connectivity index (χ2n) is 4.28. The van der Waals surface area contributed by atoms with E-state index in [0.717, 1.165) is 11.3 Å². The lowest BCUT2D eigenvalue weighted by Gasteiger charge is -2.32. The van der Waals surface area contributed by atoms with Crippen LogP contribution in [0, 0.1) is 0 Å². The smallest absolute Gasteiger partial charge is 0.191 e. The summed E-state index contributed by atoms with van der Waals surface area (Å²) >= 11 is 7.79. The first kappa shape index (κ1) is 13.6. The molecule has 0 fully saturated rings. The maximum atomic E-state index is 6.30. The topological polar surface area (TPSA) is 50.3 Å². The summed E-state index contributed by atoms with van der Waals surface area (Å²) in [6.07, 6.45) is 3.63. The minimum Gasteiger partial charge on any atom is -0.388 e. The molecule has 0 spiro atoms. The maximum absolute atomic E-state index is 6.30. The van der Waals surface area contributed by atoms with Gasteiger partial charge in [-0.3, -0.25) is 0 Å². The zero-order chi connectivity index (χ0) is 14.1. The molecule has 0 aliphatic carbocycles.